The molecule has 0 spiro atoms. The van der Waals surface area contributed by atoms with Gasteiger partial charge >= 0.3 is 5.97 Å². The zero-order valence-corrected chi connectivity index (χ0v) is 8.69. The highest BCUT2D eigenvalue weighted by Crippen LogP contribution is 1.99. The average Bonchev–Trinajstić information content (AvgIpc) is 2.15. The van der Waals surface area contributed by atoms with Gasteiger partial charge in [0, 0.05) is 6.92 Å². The van der Waals surface area contributed by atoms with Crippen molar-refractivity contribution in [2.24, 2.45) is 0 Å². The summed E-state index contributed by atoms with van der Waals surface area (Å²) in [7, 11) is 0. The van der Waals surface area contributed by atoms with E-state index in [1.807, 2.05) is 0 Å². The second kappa shape index (κ2) is 6.18. The molecule has 0 saturated heterocycles. The third-order valence-corrected chi connectivity index (χ3v) is 2.04. The van der Waals surface area contributed by atoms with E-state index in [0.717, 1.165) is 11.5 Å². The lowest BCUT2D eigenvalue weighted by Crippen LogP contribution is -2.11. The van der Waals surface area contributed by atoms with Gasteiger partial charge in [-0.15, -0.1) is 11.8 Å². The molecule has 0 radical (unpaired) electrons. The zero-order valence-electron chi connectivity index (χ0n) is 7.87. The first-order valence-corrected chi connectivity index (χ1v) is 5.33. The number of ether oxygens (including phenoxy) is 1. The molecule has 0 saturated carbocycles. The number of hydrogen-bond acceptors (Lipinski definition) is 3. The number of hydrogen-bond donors (Lipinski definition) is 0. The fourth-order valence-electron chi connectivity index (χ4n) is 0.827. The van der Waals surface area contributed by atoms with Crippen LogP contribution < -0.4 is 0 Å². The Kier molecular flexibility index (Phi) is 4.75. The molecule has 0 aromatic carbocycles. The summed E-state index contributed by atoms with van der Waals surface area (Å²) >= 11 is 1.65. The Morgan fingerprint density at radius 1 is 1.50 bits per heavy atom. The topological polar surface area (TPSA) is 26.3 Å². The summed E-state index contributed by atoms with van der Waals surface area (Å²) < 4.78 is 4.95. The standard InChI is InChI=1S/C11H10O2S/c1-10(12)13-11-6-3-2-4-8-14-9-5-7-11/h3,6,11H,8-9H2,1H3/b6-3-. The first-order valence-electron chi connectivity index (χ1n) is 4.17. The van der Waals surface area contributed by atoms with Gasteiger partial charge in [0.05, 0.1) is 11.5 Å². The number of esters is 1. The van der Waals surface area contributed by atoms with Gasteiger partial charge in [-0.05, 0) is 12.2 Å². The van der Waals surface area contributed by atoms with Gasteiger partial charge in [0.2, 0.25) is 0 Å². The molecule has 0 bridgehead atoms. The monoisotopic (exact) mass is 206 g/mol. The molecule has 1 aliphatic rings. The Balaban J connectivity index is 2.66. The molecule has 14 heavy (non-hydrogen) atoms. The molecule has 2 nitrogen and oxygen atoms in total. The maximum absolute atomic E-state index is 10.7. The van der Waals surface area contributed by atoms with E-state index in [4.69, 9.17) is 4.74 Å². The average molecular weight is 206 g/mol. The van der Waals surface area contributed by atoms with E-state index in [2.05, 4.69) is 23.7 Å². The summed E-state index contributed by atoms with van der Waals surface area (Å²) in [6.45, 7) is 1.37. The van der Waals surface area contributed by atoms with Gasteiger partial charge in [0.15, 0.2) is 6.10 Å². The highest BCUT2D eigenvalue weighted by Gasteiger charge is 2.02. The molecule has 0 aromatic rings. The Morgan fingerprint density at radius 2 is 2.29 bits per heavy atom. The van der Waals surface area contributed by atoms with Crippen LogP contribution in [0.4, 0.5) is 0 Å². The molecule has 0 aromatic heterocycles. The lowest BCUT2D eigenvalue weighted by Gasteiger charge is -2.04. The second-order valence-electron chi connectivity index (χ2n) is 2.52. The summed E-state index contributed by atoms with van der Waals surface area (Å²) in [5.74, 6) is 12.8. The molecule has 1 heterocycles. The van der Waals surface area contributed by atoms with E-state index in [0.29, 0.717) is 0 Å². The molecular weight excluding hydrogens is 196 g/mol. The molecule has 3 heteroatoms. The van der Waals surface area contributed by atoms with Crippen LogP contribution in [0.25, 0.3) is 0 Å². The van der Waals surface area contributed by atoms with Crippen molar-refractivity contribution in [1.29, 1.82) is 0 Å². The number of rotatable bonds is 1. The summed E-state index contributed by atoms with van der Waals surface area (Å²) in [6.07, 6.45) is 2.91. The second-order valence-corrected chi connectivity index (χ2v) is 3.51. The minimum atomic E-state index is -0.458. The van der Waals surface area contributed by atoms with E-state index in [1.165, 1.54) is 6.92 Å². The Hall–Kier alpha value is -1.32. The smallest absolute Gasteiger partial charge is 0.304 e. The quantitative estimate of drug-likeness (QED) is 0.477. The lowest BCUT2D eigenvalue weighted by molar-refractivity contribution is -0.142. The maximum Gasteiger partial charge on any atom is 0.304 e. The maximum atomic E-state index is 10.7. The summed E-state index contributed by atoms with van der Waals surface area (Å²) in [5.41, 5.74) is 0. The first-order chi connectivity index (χ1) is 6.79. The zero-order chi connectivity index (χ0) is 10.2. The Morgan fingerprint density at radius 3 is 3.07 bits per heavy atom. The molecule has 1 rings (SSSR count). The van der Waals surface area contributed by atoms with E-state index < -0.39 is 6.10 Å². The van der Waals surface area contributed by atoms with E-state index in [9.17, 15) is 4.79 Å². The molecule has 0 amide bonds. The van der Waals surface area contributed by atoms with Gasteiger partial charge in [0.25, 0.3) is 0 Å². The van der Waals surface area contributed by atoms with Crippen molar-refractivity contribution in [3.8, 4) is 23.7 Å². The first kappa shape index (κ1) is 10.8. The van der Waals surface area contributed by atoms with E-state index in [1.54, 1.807) is 23.9 Å². The third kappa shape index (κ3) is 4.64. The van der Waals surface area contributed by atoms with Crippen molar-refractivity contribution in [1.82, 2.24) is 0 Å². The van der Waals surface area contributed by atoms with Crippen molar-refractivity contribution < 1.29 is 9.53 Å². The molecule has 1 unspecified atom stereocenters. The van der Waals surface area contributed by atoms with Crippen molar-refractivity contribution in [3.63, 3.8) is 0 Å². The molecule has 0 N–H and O–H groups in total. The normalized spacial score (nSPS) is 21.9. The van der Waals surface area contributed by atoms with Crippen LogP contribution in [-0.4, -0.2) is 23.6 Å². The van der Waals surface area contributed by atoms with Crippen molar-refractivity contribution >= 4 is 17.7 Å². The highest BCUT2D eigenvalue weighted by molar-refractivity contribution is 7.99. The molecule has 0 aliphatic carbocycles. The highest BCUT2D eigenvalue weighted by atomic mass is 32.2. The predicted octanol–water partition coefficient (Wildman–Crippen LogP) is 1.23. The fourth-order valence-corrected chi connectivity index (χ4v) is 1.30. The van der Waals surface area contributed by atoms with E-state index >= 15 is 0 Å². The SMILES string of the molecule is CC(=O)OC1C#CCSCC#C/C=C\1. The van der Waals surface area contributed by atoms with Gasteiger partial charge in [-0.3, -0.25) is 4.79 Å². The van der Waals surface area contributed by atoms with Gasteiger partial charge in [-0.1, -0.05) is 23.7 Å². The Labute approximate surface area is 88.1 Å². The molecular formula is C11H10O2S. The van der Waals surface area contributed by atoms with Crippen LogP contribution in [0.3, 0.4) is 0 Å². The van der Waals surface area contributed by atoms with Crippen LogP contribution in [0.1, 0.15) is 6.92 Å². The largest absolute Gasteiger partial charge is 0.445 e. The van der Waals surface area contributed by atoms with Crippen LogP contribution in [-0.2, 0) is 9.53 Å². The van der Waals surface area contributed by atoms with Crippen LogP contribution in [0.2, 0.25) is 0 Å². The molecule has 0 fully saturated rings. The van der Waals surface area contributed by atoms with Crippen molar-refractivity contribution in [2.45, 2.75) is 13.0 Å². The van der Waals surface area contributed by atoms with Gasteiger partial charge in [0.1, 0.15) is 0 Å². The third-order valence-electron chi connectivity index (χ3n) is 1.34. The van der Waals surface area contributed by atoms with Crippen LogP contribution in [0.5, 0.6) is 0 Å². The number of carbonyl (C=O) groups is 1. The molecule has 1 atom stereocenters. The summed E-state index contributed by atoms with van der Waals surface area (Å²) in [5, 5.41) is 0. The minimum Gasteiger partial charge on any atom is -0.445 e. The fraction of sp³-hybridized carbons (Fsp3) is 0.364. The summed E-state index contributed by atoms with van der Waals surface area (Å²) in [4.78, 5) is 10.7. The van der Waals surface area contributed by atoms with Crippen molar-refractivity contribution in [3.05, 3.63) is 12.2 Å². The summed E-state index contributed by atoms with van der Waals surface area (Å²) in [6, 6.07) is 0. The molecule has 72 valence electrons. The predicted molar refractivity (Wildman–Crippen MR) is 57.6 cm³/mol. The van der Waals surface area contributed by atoms with Crippen LogP contribution in [0, 0.1) is 23.7 Å². The Bertz CT molecular complexity index is 349. The van der Waals surface area contributed by atoms with Crippen LogP contribution >= 0.6 is 11.8 Å². The van der Waals surface area contributed by atoms with Gasteiger partial charge < -0.3 is 4.74 Å². The van der Waals surface area contributed by atoms with E-state index in [-0.39, 0.29) is 5.97 Å². The van der Waals surface area contributed by atoms with Gasteiger partial charge in [-0.25, -0.2) is 0 Å². The van der Waals surface area contributed by atoms with Crippen molar-refractivity contribution in [2.75, 3.05) is 11.5 Å². The number of carbonyl (C=O) groups excluding carboxylic acids is 1. The molecule has 1 aliphatic heterocycles. The van der Waals surface area contributed by atoms with Gasteiger partial charge in [-0.2, -0.15) is 0 Å². The number of allylic oxidation sites excluding steroid dienone is 1. The van der Waals surface area contributed by atoms with Crippen LogP contribution in [0.15, 0.2) is 12.2 Å². The minimum absolute atomic E-state index is 0.327. The number of thioether (sulfide) groups is 1. The lowest BCUT2D eigenvalue weighted by atomic mass is 10.3.